The van der Waals surface area contributed by atoms with E-state index in [0.717, 1.165) is 49.2 Å². The Morgan fingerprint density at radius 2 is 2.06 bits per heavy atom. The molecule has 1 fully saturated rings. The number of piperidine rings is 1. The average molecular weight is 438 g/mol. The van der Waals surface area contributed by atoms with Crippen LogP contribution < -0.4 is 5.56 Å². The summed E-state index contributed by atoms with van der Waals surface area (Å²) in [6, 6.07) is 7.86. The molecule has 4 heterocycles. The predicted octanol–water partition coefficient (Wildman–Crippen LogP) is 3.30. The highest BCUT2D eigenvalue weighted by molar-refractivity contribution is 5.94. The van der Waals surface area contributed by atoms with Gasteiger partial charge >= 0.3 is 0 Å². The van der Waals surface area contributed by atoms with E-state index in [1.165, 1.54) is 16.6 Å². The first-order valence-electron chi connectivity index (χ1n) is 11.4. The standard InChI is InChI=1S/C24H28FN5O2/c1-15(2)28-11-9-19-18(14-28)24(32)30-22(26-19)13-20(27-30)21-8-3-4-10-29(21)23(31)16-6-5-7-17(25)12-16/h5-7,12-13,15,21,27H,3-4,8-11,14H2,1-2H3/t21-/m1/s1. The maximum absolute atomic E-state index is 13.7. The minimum absolute atomic E-state index is 0.0691. The second-order valence-electron chi connectivity index (χ2n) is 9.08. The van der Waals surface area contributed by atoms with Gasteiger partial charge in [0, 0.05) is 43.7 Å². The third-order valence-corrected chi connectivity index (χ3v) is 6.74. The largest absolute Gasteiger partial charge is 0.330 e. The zero-order valence-corrected chi connectivity index (χ0v) is 18.5. The number of fused-ring (bicyclic) bond motifs is 2. The number of nitrogens with zero attached hydrogens (tertiary/aromatic N) is 4. The van der Waals surface area contributed by atoms with Crippen LogP contribution in [0.1, 0.15) is 66.5 Å². The van der Waals surface area contributed by atoms with Crippen LogP contribution in [0.3, 0.4) is 0 Å². The maximum Gasteiger partial charge on any atom is 0.277 e. The van der Waals surface area contributed by atoms with Gasteiger partial charge in [0.05, 0.1) is 23.0 Å². The Kier molecular flexibility index (Phi) is 5.33. The summed E-state index contributed by atoms with van der Waals surface area (Å²) in [5.41, 5.74) is 3.27. The van der Waals surface area contributed by atoms with E-state index < -0.39 is 5.82 Å². The van der Waals surface area contributed by atoms with Gasteiger partial charge in [-0.1, -0.05) is 6.07 Å². The van der Waals surface area contributed by atoms with E-state index in [9.17, 15) is 14.0 Å². The molecule has 1 atom stereocenters. The fourth-order valence-electron chi connectivity index (χ4n) is 4.92. The van der Waals surface area contributed by atoms with Crippen LogP contribution >= 0.6 is 0 Å². The molecule has 0 radical (unpaired) electrons. The topological polar surface area (TPSA) is 73.7 Å². The van der Waals surface area contributed by atoms with Crippen LogP contribution in [0, 0.1) is 5.82 Å². The second-order valence-corrected chi connectivity index (χ2v) is 9.08. The average Bonchev–Trinajstić information content (AvgIpc) is 3.23. The fraction of sp³-hybridized carbons (Fsp3) is 0.458. The van der Waals surface area contributed by atoms with Crippen molar-refractivity contribution in [3.05, 3.63) is 69.0 Å². The Hall–Kier alpha value is -3.00. The number of aromatic nitrogens is 3. The number of H-pyrrole nitrogens is 1. The molecule has 0 aliphatic carbocycles. The van der Waals surface area contributed by atoms with E-state index in [-0.39, 0.29) is 17.5 Å². The number of likely N-dealkylation sites (tertiary alicyclic amines) is 1. The zero-order valence-electron chi connectivity index (χ0n) is 18.5. The first kappa shape index (κ1) is 20.9. The molecule has 0 unspecified atom stereocenters. The van der Waals surface area contributed by atoms with Crippen molar-refractivity contribution in [2.45, 2.75) is 58.2 Å². The molecule has 32 heavy (non-hydrogen) atoms. The van der Waals surface area contributed by atoms with Crippen molar-refractivity contribution < 1.29 is 9.18 Å². The van der Waals surface area contributed by atoms with Gasteiger partial charge in [0.15, 0.2) is 5.65 Å². The van der Waals surface area contributed by atoms with E-state index in [1.807, 2.05) is 6.07 Å². The lowest BCUT2D eigenvalue weighted by atomic mass is 9.98. The molecule has 0 bridgehead atoms. The number of nitrogens with one attached hydrogen (secondary N) is 1. The van der Waals surface area contributed by atoms with Crippen LogP contribution in [-0.2, 0) is 13.0 Å². The highest BCUT2D eigenvalue weighted by Crippen LogP contribution is 2.32. The van der Waals surface area contributed by atoms with Gasteiger partial charge in [-0.15, -0.1) is 0 Å². The van der Waals surface area contributed by atoms with Crippen LogP contribution in [0.25, 0.3) is 5.65 Å². The molecule has 3 aromatic rings. The number of aromatic amines is 1. The molecule has 1 N–H and O–H groups in total. The molecule has 1 saturated heterocycles. The second kappa shape index (κ2) is 8.16. The normalized spacial score (nSPS) is 19.5. The lowest BCUT2D eigenvalue weighted by molar-refractivity contribution is 0.0605. The number of carbonyl (C=O) groups excluding carboxylic acids is 1. The molecule has 2 aliphatic heterocycles. The van der Waals surface area contributed by atoms with Gasteiger partial charge in [0.25, 0.3) is 11.5 Å². The monoisotopic (exact) mass is 437 g/mol. The van der Waals surface area contributed by atoms with E-state index in [0.29, 0.717) is 30.3 Å². The molecule has 7 nitrogen and oxygen atoms in total. The Morgan fingerprint density at radius 3 is 2.84 bits per heavy atom. The molecule has 2 aromatic heterocycles. The summed E-state index contributed by atoms with van der Waals surface area (Å²) in [4.78, 5) is 35.3. The number of hydrogen-bond acceptors (Lipinski definition) is 4. The SMILES string of the molecule is CC(C)N1CCc2nc3cc([C@H]4CCCCN4C(=O)c4cccc(F)c4)[nH]n3c(=O)c2C1. The first-order valence-corrected chi connectivity index (χ1v) is 11.4. The fourth-order valence-corrected chi connectivity index (χ4v) is 4.92. The Labute approximate surface area is 185 Å². The van der Waals surface area contributed by atoms with Gasteiger partial charge in [0.2, 0.25) is 0 Å². The number of carbonyl (C=O) groups is 1. The van der Waals surface area contributed by atoms with E-state index in [1.54, 1.807) is 17.0 Å². The zero-order chi connectivity index (χ0) is 22.4. The quantitative estimate of drug-likeness (QED) is 0.682. The Morgan fingerprint density at radius 1 is 1.22 bits per heavy atom. The summed E-state index contributed by atoms with van der Waals surface area (Å²) < 4.78 is 15.2. The van der Waals surface area contributed by atoms with Crippen LogP contribution in [0.5, 0.6) is 0 Å². The van der Waals surface area contributed by atoms with Crippen LogP contribution in [0.2, 0.25) is 0 Å². The van der Waals surface area contributed by atoms with Crippen LogP contribution in [-0.4, -0.2) is 49.4 Å². The van der Waals surface area contributed by atoms with Gasteiger partial charge in [-0.2, -0.15) is 0 Å². The molecule has 0 spiro atoms. The minimum atomic E-state index is -0.424. The smallest absolute Gasteiger partial charge is 0.277 e. The lowest BCUT2D eigenvalue weighted by Gasteiger charge is -2.35. The van der Waals surface area contributed by atoms with Crippen LogP contribution in [0.15, 0.2) is 35.1 Å². The molecule has 0 saturated carbocycles. The van der Waals surface area contributed by atoms with Crippen molar-refractivity contribution in [3.8, 4) is 0 Å². The minimum Gasteiger partial charge on any atom is -0.330 e. The third-order valence-electron chi connectivity index (χ3n) is 6.74. The maximum atomic E-state index is 13.7. The molecule has 8 heteroatoms. The van der Waals surface area contributed by atoms with Crippen molar-refractivity contribution in [2.75, 3.05) is 13.1 Å². The Balaban J connectivity index is 1.51. The van der Waals surface area contributed by atoms with Gasteiger partial charge < -0.3 is 4.90 Å². The molecular formula is C24H28FN5O2. The molecule has 1 amide bonds. The third kappa shape index (κ3) is 3.62. The number of halogens is 1. The van der Waals surface area contributed by atoms with Crippen molar-refractivity contribution >= 4 is 11.6 Å². The number of amides is 1. The first-order chi connectivity index (χ1) is 15.4. The summed E-state index contributed by atoms with van der Waals surface area (Å²) in [7, 11) is 0. The summed E-state index contributed by atoms with van der Waals surface area (Å²) in [6.07, 6.45) is 3.42. The molecular weight excluding hydrogens is 409 g/mol. The van der Waals surface area contributed by atoms with Crippen molar-refractivity contribution in [2.24, 2.45) is 0 Å². The van der Waals surface area contributed by atoms with Gasteiger partial charge in [-0.25, -0.2) is 13.9 Å². The predicted molar refractivity (Wildman–Crippen MR) is 119 cm³/mol. The van der Waals surface area contributed by atoms with Gasteiger partial charge in [0.1, 0.15) is 5.82 Å². The Bertz CT molecular complexity index is 1230. The number of benzene rings is 1. The summed E-state index contributed by atoms with van der Waals surface area (Å²) in [6.45, 7) is 6.35. The molecule has 168 valence electrons. The van der Waals surface area contributed by atoms with E-state index in [2.05, 4.69) is 23.8 Å². The van der Waals surface area contributed by atoms with Crippen LogP contribution in [0.4, 0.5) is 4.39 Å². The van der Waals surface area contributed by atoms with Crippen molar-refractivity contribution in [1.29, 1.82) is 0 Å². The lowest BCUT2D eigenvalue weighted by Crippen LogP contribution is -2.40. The summed E-state index contributed by atoms with van der Waals surface area (Å²) in [5.74, 6) is -0.619. The van der Waals surface area contributed by atoms with Gasteiger partial charge in [-0.05, 0) is 51.3 Å². The molecule has 2 aliphatic rings. The highest BCUT2D eigenvalue weighted by atomic mass is 19.1. The number of rotatable bonds is 3. The van der Waals surface area contributed by atoms with E-state index >= 15 is 0 Å². The highest BCUT2D eigenvalue weighted by Gasteiger charge is 2.31. The van der Waals surface area contributed by atoms with E-state index in [4.69, 9.17) is 4.98 Å². The number of hydrogen-bond donors (Lipinski definition) is 1. The van der Waals surface area contributed by atoms with Gasteiger partial charge in [-0.3, -0.25) is 19.6 Å². The molecule has 1 aromatic carbocycles. The van der Waals surface area contributed by atoms with Crippen molar-refractivity contribution in [3.63, 3.8) is 0 Å². The molecule has 5 rings (SSSR count). The van der Waals surface area contributed by atoms with Crippen molar-refractivity contribution in [1.82, 2.24) is 24.4 Å². The summed E-state index contributed by atoms with van der Waals surface area (Å²) in [5, 5.41) is 3.23. The summed E-state index contributed by atoms with van der Waals surface area (Å²) >= 11 is 0.